The molecule has 0 radical (unpaired) electrons. The summed E-state index contributed by atoms with van der Waals surface area (Å²) in [6.45, 7) is 7.86. The van der Waals surface area contributed by atoms with Crippen LogP contribution in [-0.2, 0) is 4.79 Å². The maximum atomic E-state index is 11.7. The SMILES string of the molecule is CC(C(=O)O)=C(c1ccc(C(=C2CCCCCCC2)c2ccc(O)cc2)cc1)C(C)(C)C. The summed E-state index contributed by atoms with van der Waals surface area (Å²) in [6, 6.07) is 15.9. The molecule has 3 heteroatoms. The van der Waals surface area contributed by atoms with Crippen molar-refractivity contribution in [3.05, 3.63) is 76.4 Å². The predicted molar refractivity (Wildman–Crippen MR) is 133 cm³/mol. The Labute approximate surface area is 192 Å². The van der Waals surface area contributed by atoms with E-state index < -0.39 is 5.97 Å². The number of aliphatic carboxylic acids is 1. The molecule has 0 heterocycles. The molecule has 170 valence electrons. The van der Waals surface area contributed by atoms with E-state index in [1.165, 1.54) is 43.3 Å². The number of phenols is 1. The zero-order chi connectivity index (χ0) is 23.3. The standard InChI is InChI=1S/C29H36O3/c1-20(28(31)32)27(29(2,3)4)24-14-12-22(13-15-24)26(23-16-18-25(30)19-17-23)21-10-8-6-5-7-9-11-21/h12-19,30H,5-11H2,1-4H3,(H,31,32). The minimum atomic E-state index is -0.875. The first kappa shape index (κ1) is 23.8. The lowest BCUT2D eigenvalue weighted by atomic mass is 9.78. The van der Waals surface area contributed by atoms with Crippen LogP contribution in [0.25, 0.3) is 11.1 Å². The lowest BCUT2D eigenvalue weighted by molar-refractivity contribution is -0.132. The Morgan fingerprint density at radius 2 is 1.19 bits per heavy atom. The van der Waals surface area contributed by atoms with E-state index in [1.54, 1.807) is 19.1 Å². The summed E-state index contributed by atoms with van der Waals surface area (Å²) >= 11 is 0. The number of carboxylic acids is 1. The van der Waals surface area contributed by atoms with Crippen molar-refractivity contribution in [3.63, 3.8) is 0 Å². The molecule has 1 saturated carbocycles. The average Bonchev–Trinajstić information content (AvgIpc) is 2.71. The van der Waals surface area contributed by atoms with Crippen molar-refractivity contribution in [2.45, 2.75) is 72.6 Å². The second-order valence-electron chi connectivity index (χ2n) is 9.93. The molecule has 0 saturated heterocycles. The van der Waals surface area contributed by atoms with E-state index in [0.717, 1.165) is 35.1 Å². The van der Waals surface area contributed by atoms with Gasteiger partial charge in [0.15, 0.2) is 0 Å². The van der Waals surface area contributed by atoms with E-state index in [1.807, 2.05) is 12.1 Å². The maximum Gasteiger partial charge on any atom is 0.331 e. The topological polar surface area (TPSA) is 57.5 Å². The van der Waals surface area contributed by atoms with E-state index in [2.05, 4.69) is 45.0 Å². The second kappa shape index (κ2) is 10.2. The zero-order valence-electron chi connectivity index (χ0n) is 19.9. The number of carboxylic acid groups (broad SMARTS) is 1. The highest BCUT2D eigenvalue weighted by molar-refractivity contribution is 5.97. The molecule has 1 fully saturated rings. The van der Waals surface area contributed by atoms with Gasteiger partial charge < -0.3 is 10.2 Å². The molecule has 0 aromatic heterocycles. The fraction of sp³-hybridized carbons (Fsp3) is 0.414. The Morgan fingerprint density at radius 3 is 1.66 bits per heavy atom. The van der Waals surface area contributed by atoms with Crippen LogP contribution in [-0.4, -0.2) is 16.2 Å². The van der Waals surface area contributed by atoms with E-state index in [4.69, 9.17) is 0 Å². The molecule has 0 amide bonds. The molecule has 0 aliphatic heterocycles. The van der Waals surface area contributed by atoms with Crippen LogP contribution >= 0.6 is 0 Å². The van der Waals surface area contributed by atoms with Gasteiger partial charge in [-0.25, -0.2) is 4.79 Å². The number of rotatable bonds is 4. The van der Waals surface area contributed by atoms with Gasteiger partial charge in [0.05, 0.1) is 0 Å². The second-order valence-corrected chi connectivity index (χ2v) is 9.93. The summed E-state index contributed by atoms with van der Waals surface area (Å²) in [4.78, 5) is 11.7. The lowest BCUT2D eigenvalue weighted by Gasteiger charge is -2.26. The monoisotopic (exact) mass is 432 g/mol. The van der Waals surface area contributed by atoms with Crippen LogP contribution in [0.3, 0.4) is 0 Å². The third kappa shape index (κ3) is 5.70. The number of allylic oxidation sites excluding steroid dienone is 2. The van der Waals surface area contributed by atoms with Gasteiger partial charge in [-0.05, 0) is 78.0 Å². The molecular weight excluding hydrogens is 396 g/mol. The minimum absolute atomic E-state index is 0.273. The van der Waals surface area contributed by atoms with Crippen LogP contribution in [0.1, 0.15) is 89.3 Å². The van der Waals surface area contributed by atoms with Crippen LogP contribution in [0.5, 0.6) is 5.75 Å². The molecule has 2 N–H and O–H groups in total. The molecule has 3 nitrogen and oxygen atoms in total. The normalized spacial score (nSPS) is 16.1. The van der Waals surface area contributed by atoms with Gasteiger partial charge in [-0.1, -0.05) is 82.0 Å². The number of carbonyl (C=O) groups is 1. The van der Waals surface area contributed by atoms with Crippen LogP contribution in [0.2, 0.25) is 0 Å². The predicted octanol–water partition coefficient (Wildman–Crippen LogP) is 7.84. The largest absolute Gasteiger partial charge is 0.508 e. The highest BCUT2D eigenvalue weighted by atomic mass is 16.4. The van der Waals surface area contributed by atoms with Gasteiger partial charge >= 0.3 is 5.97 Å². The van der Waals surface area contributed by atoms with Gasteiger partial charge in [0.2, 0.25) is 0 Å². The summed E-state index contributed by atoms with van der Waals surface area (Å²) in [7, 11) is 0. The van der Waals surface area contributed by atoms with Crippen molar-refractivity contribution < 1.29 is 15.0 Å². The van der Waals surface area contributed by atoms with Crippen LogP contribution in [0.4, 0.5) is 0 Å². The van der Waals surface area contributed by atoms with Crippen LogP contribution in [0.15, 0.2) is 59.7 Å². The minimum Gasteiger partial charge on any atom is -0.508 e. The highest BCUT2D eigenvalue weighted by Crippen LogP contribution is 2.39. The highest BCUT2D eigenvalue weighted by Gasteiger charge is 2.24. The van der Waals surface area contributed by atoms with E-state index in [0.29, 0.717) is 5.57 Å². The van der Waals surface area contributed by atoms with Gasteiger partial charge in [0, 0.05) is 5.57 Å². The van der Waals surface area contributed by atoms with Crippen molar-refractivity contribution in [2.24, 2.45) is 5.41 Å². The summed E-state index contributed by atoms with van der Waals surface area (Å²) in [5, 5.41) is 19.4. The fourth-order valence-corrected chi connectivity index (χ4v) is 4.91. The molecule has 0 bridgehead atoms. The molecule has 2 aromatic rings. The smallest absolute Gasteiger partial charge is 0.331 e. The van der Waals surface area contributed by atoms with Gasteiger partial charge in [0.25, 0.3) is 0 Å². The molecule has 2 aromatic carbocycles. The first-order valence-corrected chi connectivity index (χ1v) is 11.8. The summed E-state index contributed by atoms with van der Waals surface area (Å²) in [6.07, 6.45) is 8.50. The Kier molecular flexibility index (Phi) is 7.60. The quantitative estimate of drug-likeness (QED) is 0.484. The first-order chi connectivity index (χ1) is 15.2. The molecular formula is C29H36O3. The van der Waals surface area contributed by atoms with Crippen molar-refractivity contribution in [1.82, 2.24) is 0 Å². The molecule has 1 aliphatic rings. The fourth-order valence-electron chi connectivity index (χ4n) is 4.91. The lowest BCUT2D eigenvalue weighted by Crippen LogP contribution is -2.14. The average molecular weight is 433 g/mol. The number of aromatic hydroxyl groups is 1. The summed E-state index contributed by atoms with van der Waals surface area (Å²) < 4.78 is 0. The van der Waals surface area contributed by atoms with E-state index in [9.17, 15) is 15.0 Å². The van der Waals surface area contributed by atoms with Gasteiger partial charge in [-0.15, -0.1) is 0 Å². The van der Waals surface area contributed by atoms with Crippen molar-refractivity contribution in [1.29, 1.82) is 0 Å². The Hall–Kier alpha value is -2.81. The van der Waals surface area contributed by atoms with E-state index >= 15 is 0 Å². The molecule has 1 aliphatic carbocycles. The number of benzene rings is 2. The van der Waals surface area contributed by atoms with Crippen LogP contribution < -0.4 is 0 Å². The molecule has 3 rings (SSSR count). The number of hydrogen-bond acceptors (Lipinski definition) is 2. The summed E-state index contributed by atoms with van der Waals surface area (Å²) in [5.41, 5.74) is 6.95. The van der Waals surface area contributed by atoms with Gasteiger partial charge in [-0.3, -0.25) is 0 Å². The van der Waals surface area contributed by atoms with E-state index in [-0.39, 0.29) is 11.2 Å². The maximum absolute atomic E-state index is 11.7. The first-order valence-electron chi connectivity index (χ1n) is 11.8. The van der Waals surface area contributed by atoms with Crippen molar-refractivity contribution in [3.8, 4) is 5.75 Å². The van der Waals surface area contributed by atoms with Crippen molar-refractivity contribution in [2.75, 3.05) is 0 Å². The molecule has 32 heavy (non-hydrogen) atoms. The molecule has 0 atom stereocenters. The van der Waals surface area contributed by atoms with Gasteiger partial charge in [0.1, 0.15) is 5.75 Å². The Bertz CT molecular complexity index is 990. The number of phenolic OH excluding ortho intramolecular Hbond substituents is 1. The third-order valence-corrected chi connectivity index (χ3v) is 6.37. The molecule has 0 spiro atoms. The Morgan fingerprint density at radius 1 is 0.750 bits per heavy atom. The summed E-state index contributed by atoms with van der Waals surface area (Å²) in [5.74, 6) is -0.601. The van der Waals surface area contributed by atoms with Gasteiger partial charge in [-0.2, -0.15) is 0 Å². The number of hydrogen-bond donors (Lipinski definition) is 2. The zero-order valence-corrected chi connectivity index (χ0v) is 19.9. The molecule has 0 unspecified atom stereocenters. The van der Waals surface area contributed by atoms with Crippen molar-refractivity contribution >= 4 is 17.1 Å². The van der Waals surface area contributed by atoms with Crippen LogP contribution in [0, 0.1) is 5.41 Å². The Balaban J connectivity index is 2.11. The third-order valence-electron chi connectivity index (χ3n) is 6.37.